The van der Waals surface area contributed by atoms with E-state index in [2.05, 4.69) is 6.07 Å². The quantitative estimate of drug-likeness (QED) is 0.769. The van der Waals surface area contributed by atoms with Crippen molar-refractivity contribution in [2.45, 2.75) is 45.8 Å². The molecule has 1 unspecified atom stereocenters. The monoisotopic (exact) mass is 362 g/mol. The molecule has 0 bridgehead atoms. The molecule has 1 aliphatic rings. The number of ether oxygens (including phenoxy) is 1. The lowest BCUT2D eigenvalue weighted by atomic mass is 10.0. The van der Waals surface area contributed by atoms with Crippen molar-refractivity contribution in [2.75, 3.05) is 4.90 Å². The van der Waals surface area contributed by atoms with Gasteiger partial charge in [0.1, 0.15) is 5.60 Å². The van der Waals surface area contributed by atoms with Crippen molar-refractivity contribution in [1.82, 2.24) is 0 Å². The van der Waals surface area contributed by atoms with Crippen molar-refractivity contribution in [3.8, 4) is 6.07 Å². The smallest absolute Gasteiger partial charge is 0.313 e. The number of amides is 1. The van der Waals surface area contributed by atoms with Gasteiger partial charge >= 0.3 is 5.97 Å². The van der Waals surface area contributed by atoms with Gasteiger partial charge in [0.2, 0.25) is 0 Å². The Morgan fingerprint density at radius 3 is 2.44 bits per heavy atom. The molecule has 2 aromatic rings. The standard InChI is InChI=1S/C22H22N2O3/c1-14(21(26)27-22(2,3)4)15-8-10-18(11-9-15)24-13-17-7-5-6-16(12-23)19(17)20(24)25/h5-11,14H,13H2,1-4H3. The third kappa shape index (κ3) is 3.70. The maximum absolute atomic E-state index is 12.8. The Labute approximate surface area is 159 Å². The van der Waals surface area contributed by atoms with E-state index in [1.165, 1.54) is 0 Å². The van der Waals surface area contributed by atoms with Crippen LogP contribution in [0.4, 0.5) is 5.69 Å². The van der Waals surface area contributed by atoms with Crippen LogP contribution in [0, 0.1) is 11.3 Å². The van der Waals surface area contributed by atoms with E-state index < -0.39 is 11.5 Å². The highest BCUT2D eigenvalue weighted by Gasteiger charge is 2.31. The molecule has 1 aliphatic heterocycles. The van der Waals surface area contributed by atoms with Crippen LogP contribution in [0.25, 0.3) is 0 Å². The Hall–Kier alpha value is -3.13. The van der Waals surface area contributed by atoms with Gasteiger partial charge in [0.25, 0.3) is 5.91 Å². The maximum Gasteiger partial charge on any atom is 0.313 e. The highest BCUT2D eigenvalue weighted by Crippen LogP contribution is 2.31. The minimum Gasteiger partial charge on any atom is -0.460 e. The fraction of sp³-hybridized carbons (Fsp3) is 0.318. The summed E-state index contributed by atoms with van der Waals surface area (Å²) < 4.78 is 5.43. The van der Waals surface area contributed by atoms with Gasteiger partial charge in [0.05, 0.1) is 29.7 Å². The van der Waals surface area contributed by atoms with Crippen LogP contribution < -0.4 is 4.90 Å². The summed E-state index contributed by atoms with van der Waals surface area (Å²) >= 11 is 0. The molecule has 0 aromatic heterocycles. The first-order valence-electron chi connectivity index (χ1n) is 8.88. The zero-order valence-electron chi connectivity index (χ0n) is 15.9. The Morgan fingerprint density at radius 2 is 1.85 bits per heavy atom. The van der Waals surface area contributed by atoms with Crippen LogP contribution in [0.15, 0.2) is 42.5 Å². The molecule has 0 saturated carbocycles. The second-order valence-electron chi connectivity index (χ2n) is 7.69. The lowest BCUT2D eigenvalue weighted by Gasteiger charge is -2.23. The number of carbonyl (C=O) groups excluding carboxylic acids is 2. The first-order valence-corrected chi connectivity index (χ1v) is 8.88. The first-order chi connectivity index (χ1) is 12.7. The number of nitriles is 1. The van der Waals surface area contributed by atoms with Crippen LogP contribution >= 0.6 is 0 Å². The largest absolute Gasteiger partial charge is 0.460 e. The summed E-state index contributed by atoms with van der Waals surface area (Å²) in [6.45, 7) is 7.76. The van der Waals surface area contributed by atoms with Crippen molar-refractivity contribution in [3.63, 3.8) is 0 Å². The summed E-state index contributed by atoms with van der Waals surface area (Å²) in [6.07, 6.45) is 0. The van der Waals surface area contributed by atoms with E-state index in [0.29, 0.717) is 17.7 Å². The SMILES string of the molecule is CC(C(=O)OC(C)(C)C)c1ccc(N2Cc3cccc(C#N)c3C2=O)cc1. The molecule has 27 heavy (non-hydrogen) atoms. The third-order valence-corrected chi connectivity index (χ3v) is 4.52. The summed E-state index contributed by atoms with van der Waals surface area (Å²) in [6, 6.07) is 14.7. The maximum atomic E-state index is 12.8. The molecule has 0 fully saturated rings. The average Bonchev–Trinajstić information content (AvgIpc) is 2.97. The van der Waals surface area contributed by atoms with Gasteiger partial charge in [-0.1, -0.05) is 24.3 Å². The second kappa shape index (κ2) is 6.88. The highest BCUT2D eigenvalue weighted by atomic mass is 16.6. The molecule has 0 radical (unpaired) electrons. The summed E-state index contributed by atoms with van der Waals surface area (Å²) in [5, 5.41) is 9.24. The number of hydrogen-bond donors (Lipinski definition) is 0. The van der Waals surface area contributed by atoms with Crippen molar-refractivity contribution in [1.29, 1.82) is 5.26 Å². The number of anilines is 1. The highest BCUT2D eigenvalue weighted by molar-refractivity contribution is 6.11. The lowest BCUT2D eigenvalue weighted by Crippen LogP contribution is -2.27. The number of carbonyl (C=O) groups is 2. The molecule has 3 rings (SSSR count). The normalized spacial score (nSPS) is 14.5. The van der Waals surface area contributed by atoms with E-state index in [1.54, 1.807) is 24.0 Å². The van der Waals surface area contributed by atoms with Crippen molar-refractivity contribution in [2.24, 2.45) is 0 Å². The third-order valence-electron chi connectivity index (χ3n) is 4.52. The molecule has 2 aromatic carbocycles. The number of fused-ring (bicyclic) bond motifs is 1. The summed E-state index contributed by atoms with van der Waals surface area (Å²) in [5.74, 6) is -0.844. The van der Waals surface area contributed by atoms with E-state index in [9.17, 15) is 14.9 Å². The van der Waals surface area contributed by atoms with Gasteiger partial charge in [0, 0.05) is 5.69 Å². The van der Waals surface area contributed by atoms with Crippen LogP contribution in [0.5, 0.6) is 0 Å². The number of nitrogens with zero attached hydrogens (tertiary/aromatic N) is 2. The zero-order chi connectivity index (χ0) is 19.8. The summed E-state index contributed by atoms with van der Waals surface area (Å²) in [7, 11) is 0. The van der Waals surface area contributed by atoms with Crippen LogP contribution in [-0.2, 0) is 16.1 Å². The molecule has 0 N–H and O–H groups in total. The fourth-order valence-corrected chi connectivity index (χ4v) is 3.13. The summed E-state index contributed by atoms with van der Waals surface area (Å²) in [5.41, 5.74) is 2.76. The molecule has 1 amide bonds. The molecule has 0 saturated heterocycles. The van der Waals surface area contributed by atoms with Crippen molar-refractivity contribution < 1.29 is 14.3 Å². The van der Waals surface area contributed by atoms with Gasteiger partial charge in [-0.25, -0.2) is 0 Å². The Balaban J connectivity index is 1.80. The Bertz CT molecular complexity index is 934. The summed E-state index contributed by atoms with van der Waals surface area (Å²) in [4.78, 5) is 26.7. The number of hydrogen-bond acceptors (Lipinski definition) is 4. The van der Waals surface area contributed by atoms with E-state index in [-0.39, 0.29) is 11.9 Å². The number of esters is 1. The first kappa shape index (κ1) is 18.7. The molecule has 0 aliphatic carbocycles. The molecule has 0 spiro atoms. The fourth-order valence-electron chi connectivity index (χ4n) is 3.13. The minimum absolute atomic E-state index is 0.171. The molecule has 1 atom stereocenters. The van der Waals surface area contributed by atoms with Crippen LogP contribution in [-0.4, -0.2) is 17.5 Å². The molecule has 5 nitrogen and oxygen atoms in total. The predicted octanol–water partition coefficient (Wildman–Crippen LogP) is 4.16. The Kier molecular flexibility index (Phi) is 4.75. The van der Waals surface area contributed by atoms with E-state index in [1.807, 2.05) is 51.1 Å². The van der Waals surface area contributed by atoms with Gasteiger partial charge < -0.3 is 9.64 Å². The Morgan fingerprint density at radius 1 is 1.19 bits per heavy atom. The molecule has 138 valence electrons. The van der Waals surface area contributed by atoms with Gasteiger partial charge in [-0.3, -0.25) is 9.59 Å². The van der Waals surface area contributed by atoms with Gasteiger partial charge in [-0.05, 0) is 57.0 Å². The molecule has 5 heteroatoms. The van der Waals surface area contributed by atoms with Gasteiger partial charge in [-0.2, -0.15) is 5.26 Å². The van der Waals surface area contributed by atoms with E-state index in [0.717, 1.165) is 16.8 Å². The average molecular weight is 362 g/mol. The van der Waals surface area contributed by atoms with E-state index >= 15 is 0 Å². The number of benzene rings is 2. The van der Waals surface area contributed by atoms with Crippen molar-refractivity contribution in [3.05, 3.63) is 64.7 Å². The van der Waals surface area contributed by atoms with Crippen LogP contribution in [0.1, 0.15) is 60.7 Å². The molecular weight excluding hydrogens is 340 g/mol. The van der Waals surface area contributed by atoms with Gasteiger partial charge in [-0.15, -0.1) is 0 Å². The van der Waals surface area contributed by atoms with E-state index in [4.69, 9.17) is 4.74 Å². The van der Waals surface area contributed by atoms with Crippen LogP contribution in [0.3, 0.4) is 0 Å². The minimum atomic E-state index is -0.530. The second-order valence-corrected chi connectivity index (χ2v) is 7.69. The topological polar surface area (TPSA) is 70.4 Å². The van der Waals surface area contributed by atoms with Crippen LogP contribution in [0.2, 0.25) is 0 Å². The molecular formula is C22H22N2O3. The zero-order valence-corrected chi connectivity index (χ0v) is 15.9. The molecule has 1 heterocycles. The number of rotatable bonds is 3. The predicted molar refractivity (Wildman–Crippen MR) is 102 cm³/mol. The lowest BCUT2D eigenvalue weighted by molar-refractivity contribution is -0.156. The van der Waals surface area contributed by atoms with Crippen molar-refractivity contribution >= 4 is 17.6 Å². The van der Waals surface area contributed by atoms with Gasteiger partial charge in [0.15, 0.2) is 0 Å².